The zero-order valence-electron chi connectivity index (χ0n) is 13.2. The van der Waals surface area contributed by atoms with Gasteiger partial charge in [0.05, 0.1) is 30.7 Å². The smallest absolute Gasteiger partial charge is 0.239 e. The van der Waals surface area contributed by atoms with Gasteiger partial charge in [-0.2, -0.15) is 0 Å². The number of para-hydroxylation sites is 1. The van der Waals surface area contributed by atoms with Crippen molar-refractivity contribution in [1.29, 1.82) is 0 Å². The second kappa shape index (κ2) is 6.72. The lowest BCUT2D eigenvalue weighted by atomic mass is 10.1. The van der Waals surface area contributed by atoms with Gasteiger partial charge in [-0.1, -0.05) is 49.4 Å². The van der Waals surface area contributed by atoms with Gasteiger partial charge in [0.15, 0.2) is 0 Å². The predicted octanol–water partition coefficient (Wildman–Crippen LogP) is 2.98. The number of hydrogen-bond donors (Lipinski definition) is 0. The molecule has 2 aromatic carbocycles. The Labute approximate surface area is 137 Å². The summed E-state index contributed by atoms with van der Waals surface area (Å²) in [5.74, 6) is -0.00138. The van der Waals surface area contributed by atoms with Gasteiger partial charge < -0.3 is 4.74 Å². The van der Waals surface area contributed by atoms with Gasteiger partial charge in [-0.3, -0.25) is 4.31 Å². The van der Waals surface area contributed by atoms with Gasteiger partial charge in [0.2, 0.25) is 10.0 Å². The largest absolute Gasteiger partial charge is 0.371 e. The van der Waals surface area contributed by atoms with E-state index < -0.39 is 10.0 Å². The molecule has 1 aliphatic rings. The Kier molecular flexibility index (Phi) is 4.68. The summed E-state index contributed by atoms with van der Waals surface area (Å²) in [6, 6.07) is 17.0. The molecule has 0 aromatic heterocycles. The van der Waals surface area contributed by atoms with E-state index in [9.17, 15) is 8.42 Å². The molecule has 3 rings (SSSR count). The summed E-state index contributed by atoms with van der Waals surface area (Å²) in [5.41, 5.74) is 2.70. The molecule has 0 bridgehead atoms. The van der Waals surface area contributed by atoms with Crippen LogP contribution in [0.3, 0.4) is 0 Å². The lowest BCUT2D eigenvalue weighted by Gasteiger charge is -2.24. The normalized spacial score (nSPS) is 17.0. The van der Waals surface area contributed by atoms with Gasteiger partial charge in [-0.05, 0) is 29.7 Å². The van der Waals surface area contributed by atoms with Crippen molar-refractivity contribution in [2.75, 3.05) is 17.5 Å². The third-order valence-electron chi connectivity index (χ3n) is 3.93. The Hall–Kier alpha value is -1.85. The molecule has 1 heterocycles. The van der Waals surface area contributed by atoms with Crippen molar-refractivity contribution in [3.63, 3.8) is 0 Å². The van der Waals surface area contributed by atoms with Crippen molar-refractivity contribution in [2.45, 2.75) is 25.2 Å². The lowest BCUT2D eigenvalue weighted by molar-refractivity contribution is 0.412. The van der Waals surface area contributed by atoms with Crippen molar-refractivity contribution < 1.29 is 13.2 Å². The molecule has 2 aromatic rings. The molecule has 1 saturated heterocycles. The number of epoxide rings is 1. The number of aryl methyl sites for hydroxylation is 1. The zero-order valence-corrected chi connectivity index (χ0v) is 14.0. The number of sulfonamides is 1. The molecule has 0 aliphatic carbocycles. The van der Waals surface area contributed by atoms with E-state index in [1.807, 2.05) is 54.6 Å². The van der Waals surface area contributed by atoms with Gasteiger partial charge in [0, 0.05) is 0 Å². The van der Waals surface area contributed by atoms with Crippen LogP contribution in [0.2, 0.25) is 0 Å². The van der Waals surface area contributed by atoms with E-state index in [1.165, 1.54) is 9.87 Å². The van der Waals surface area contributed by atoms with Crippen LogP contribution in [-0.4, -0.2) is 27.7 Å². The first kappa shape index (κ1) is 16.0. The van der Waals surface area contributed by atoms with Gasteiger partial charge in [0.1, 0.15) is 0 Å². The average Bonchev–Trinajstić information content (AvgIpc) is 3.38. The second-order valence-corrected chi connectivity index (χ2v) is 7.64. The van der Waals surface area contributed by atoms with Crippen LogP contribution >= 0.6 is 0 Å². The molecular weight excluding hydrogens is 310 g/mol. The Bertz CT molecular complexity index is 738. The molecule has 5 heteroatoms. The molecule has 1 aliphatic heterocycles. The number of benzene rings is 2. The molecule has 23 heavy (non-hydrogen) atoms. The molecule has 1 fully saturated rings. The highest BCUT2D eigenvalue weighted by molar-refractivity contribution is 7.92. The maximum atomic E-state index is 12.9. The monoisotopic (exact) mass is 331 g/mol. The summed E-state index contributed by atoms with van der Waals surface area (Å²) in [7, 11) is -3.45. The molecular formula is C18H21NO3S. The number of hydrogen-bond acceptors (Lipinski definition) is 3. The van der Waals surface area contributed by atoms with E-state index in [-0.39, 0.29) is 11.9 Å². The van der Waals surface area contributed by atoms with Gasteiger partial charge in [-0.25, -0.2) is 8.42 Å². The first-order valence-corrected chi connectivity index (χ1v) is 9.44. The fraction of sp³-hybridized carbons (Fsp3) is 0.333. The van der Waals surface area contributed by atoms with Crippen molar-refractivity contribution in [1.82, 2.24) is 0 Å². The van der Waals surface area contributed by atoms with Gasteiger partial charge >= 0.3 is 0 Å². The van der Waals surface area contributed by atoms with Gasteiger partial charge in [-0.15, -0.1) is 0 Å². The predicted molar refractivity (Wildman–Crippen MR) is 92.0 cm³/mol. The standard InChI is InChI=1S/C18H21NO3S/c1-2-15-8-10-16(11-9-15)14-23(20,21)19(12-18-13-22-18)17-6-4-3-5-7-17/h3-11,18H,2,12-14H2,1H3. The van der Waals surface area contributed by atoms with Gasteiger partial charge in [0.25, 0.3) is 0 Å². The SMILES string of the molecule is CCc1ccc(CS(=O)(=O)N(CC2CO2)c2ccccc2)cc1. The number of anilines is 1. The second-order valence-electron chi connectivity index (χ2n) is 5.75. The molecule has 0 saturated carbocycles. The fourth-order valence-corrected chi connectivity index (χ4v) is 4.10. The van der Waals surface area contributed by atoms with Crippen molar-refractivity contribution >= 4 is 15.7 Å². The summed E-state index contributed by atoms with van der Waals surface area (Å²) >= 11 is 0. The summed E-state index contributed by atoms with van der Waals surface area (Å²) < 4.78 is 32.5. The Morgan fingerprint density at radius 2 is 1.65 bits per heavy atom. The summed E-state index contributed by atoms with van der Waals surface area (Å²) in [6.45, 7) is 3.09. The van der Waals surface area contributed by atoms with E-state index in [0.29, 0.717) is 18.8 Å². The van der Waals surface area contributed by atoms with Crippen LogP contribution in [0.25, 0.3) is 0 Å². The minimum absolute atomic E-state index is 0.00138. The van der Waals surface area contributed by atoms with Crippen LogP contribution in [0, 0.1) is 0 Å². The highest BCUT2D eigenvalue weighted by Gasteiger charge is 2.31. The molecule has 0 amide bonds. The third-order valence-corrected chi connectivity index (χ3v) is 5.66. The van der Waals surface area contributed by atoms with Crippen LogP contribution in [0.5, 0.6) is 0 Å². The highest BCUT2D eigenvalue weighted by Crippen LogP contribution is 2.24. The Morgan fingerprint density at radius 1 is 1.04 bits per heavy atom. The van der Waals surface area contributed by atoms with Crippen LogP contribution in [0.1, 0.15) is 18.1 Å². The number of rotatable bonds is 7. The Balaban J connectivity index is 1.83. The van der Waals surface area contributed by atoms with Crippen molar-refractivity contribution in [3.05, 3.63) is 65.7 Å². The lowest BCUT2D eigenvalue weighted by Crippen LogP contribution is -2.35. The molecule has 0 radical (unpaired) electrons. The maximum Gasteiger partial charge on any atom is 0.239 e. The van der Waals surface area contributed by atoms with E-state index >= 15 is 0 Å². The summed E-state index contributed by atoms with van der Waals surface area (Å²) in [6.07, 6.45) is 0.954. The minimum atomic E-state index is -3.45. The fourth-order valence-electron chi connectivity index (χ4n) is 2.49. The molecule has 1 unspecified atom stereocenters. The number of ether oxygens (including phenoxy) is 1. The summed E-state index contributed by atoms with van der Waals surface area (Å²) in [4.78, 5) is 0. The first-order valence-electron chi connectivity index (χ1n) is 7.83. The topological polar surface area (TPSA) is 49.9 Å². The average molecular weight is 331 g/mol. The van der Waals surface area contributed by atoms with Crippen LogP contribution in [0.15, 0.2) is 54.6 Å². The third kappa shape index (κ3) is 4.12. The molecule has 0 spiro atoms. The first-order chi connectivity index (χ1) is 11.1. The van der Waals surface area contributed by atoms with Crippen LogP contribution in [-0.2, 0) is 26.9 Å². The highest BCUT2D eigenvalue weighted by atomic mass is 32.2. The van der Waals surface area contributed by atoms with E-state index in [4.69, 9.17) is 4.74 Å². The van der Waals surface area contributed by atoms with Crippen LogP contribution in [0.4, 0.5) is 5.69 Å². The minimum Gasteiger partial charge on any atom is -0.371 e. The quantitative estimate of drug-likeness (QED) is 0.733. The molecule has 122 valence electrons. The van der Waals surface area contributed by atoms with Crippen molar-refractivity contribution in [3.8, 4) is 0 Å². The molecule has 4 nitrogen and oxygen atoms in total. The zero-order chi connectivity index (χ0) is 16.3. The number of nitrogens with zero attached hydrogens (tertiary/aromatic N) is 1. The molecule has 1 atom stereocenters. The summed E-state index contributed by atoms with van der Waals surface area (Å²) in [5, 5.41) is 0. The maximum absolute atomic E-state index is 12.9. The van der Waals surface area contributed by atoms with E-state index in [2.05, 4.69) is 6.92 Å². The Morgan fingerprint density at radius 3 is 2.22 bits per heavy atom. The van der Waals surface area contributed by atoms with E-state index in [0.717, 1.165) is 12.0 Å². The van der Waals surface area contributed by atoms with Crippen molar-refractivity contribution in [2.24, 2.45) is 0 Å². The van der Waals surface area contributed by atoms with E-state index in [1.54, 1.807) is 0 Å². The van der Waals surface area contributed by atoms with Crippen LogP contribution < -0.4 is 4.31 Å². The molecule has 0 N–H and O–H groups in total.